The van der Waals surface area contributed by atoms with E-state index in [-0.39, 0.29) is 31.2 Å². The van der Waals surface area contributed by atoms with Gasteiger partial charge in [0, 0.05) is 18.2 Å². The summed E-state index contributed by atoms with van der Waals surface area (Å²) in [5.41, 5.74) is 3.34. The smallest absolute Gasteiger partial charge is 0.266 e. The quantitative estimate of drug-likeness (QED) is 0.383. The fourth-order valence-corrected chi connectivity index (χ4v) is 4.49. The van der Waals surface area contributed by atoms with Crippen molar-refractivity contribution in [3.05, 3.63) is 82.3 Å². The van der Waals surface area contributed by atoms with E-state index in [1.165, 1.54) is 22.1 Å². The molecule has 0 unspecified atom stereocenters. The molecule has 2 aromatic carbocycles. The van der Waals surface area contributed by atoms with Crippen LogP contribution in [0.15, 0.2) is 65.5 Å². The minimum Gasteiger partial charge on any atom is -0.493 e. The molecule has 4 aromatic rings. The van der Waals surface area contributed by atoms with Crippen LogP contribution in [0.4, 0.5) is 0 Å². The van der Waals surface area contributed by atoms with E-state index in [4.69, 9.17) is 9.47 Å². The Bertz CT molecular complexity index is 1380. The zero-order valence-corrected chi connectivity index (χ0v) is 20.6. The summed E-state index contributed by atoms with van der Waals surface area (Å²) in [6.07, 6.45) is 0. The molecule has 0 radical (unpaired) electrons. The van der Waals surface area contributed by atoms with Crippen LogP contribution in [0.1, 0.15) is 11.3 Å². The number of aromatic nitrogens is 3. The average Bonchev–Trinajstić information content (AvgIpc) is 3.26. The summed E-state index contributed by atoms with van der Waals surface area (Å²) in [4.78, 5) is 30.1. The molecule has 1 N–H and O–H groups in total. The van der Waals surface area contributed by atoms with E-state index in [0.29, 0.717) is 17.2 Å². The summed E-state index contributed by atoms with van der Waals surface area (Å²) in [7, 11) is 1.55. The van der Waals surface area contributed by atoms with E-state index in [2.05, 4.69) is 15.4 Å². The summed E-state index contributed by atoms with van der Waals surface area (Å²) >= 11 is 1.53. The van der Waals surface area contributed by atoms with Crippen molar-refractivity contribution in [1.82, 2.24) is 20.1 Å². The van der Waals surface area contributed by atoms with Gasteiger partial charge >= 0.3 is 0 Å². The Hall–Kier alpha value is -3.98. The normalized spacial score (nSPS) is 10.7. The van der Waals surface area contributed by atoms with Crippen LogP contribution in [0.3, 0.4) is 0 Å². The maximum atomic E-state index is 12.3. The van der Waals surface area contributed by atoms with Crippen LogP contribution in [-0.4, -0.2) is 40.9 Å². The Morgan fingerprint density at radius 3 is 2.63 bits per heavy atom. The highest BCUT2D eigenvalue weighted by Gasteiger charge is 2.14. The highest BCUT2D eigenvalue weighted by Crippen LogP contribution is 2.33. The van der Waals surface area contributed by atoms with Gasteiger partial charge in [-0.15, -0.1) is 11.3 Å². The molecule has 4 rings (SSSR count). The van der Waals surface area contributed by atoms with Crippen molar-refractivity contribution < 1.29 is 14.3 Å². The predicted molar refractivity (Wildman–Crippen MR) is 136 cm³/mol. The minimum atomic E-state index is -0.303. The first-order chi connectivity index (χ1) is 16.9. The predicted octanol–water partition coefficient (Wildman–Crippen LogP) is 3.85. The second-order valence-electron chi connectivity index (χ2n) is 7.87. The second kappa shape index (κ2) is 11.0. The lowest BCUT2D eigenvalue weighted by atomic mass is 10.2. The van der Waals surface area contributed by atoms with Gasteiger partial charge in [-0.1, -0.05) is 36.4 Å². The molecule has 2 heterocycles. The fourth-order valence-electron chi connectivity index (χ4n) is 3.46. The van der Waals surface area contributed by atoms with Gasteiger partial charge in [-0.25, -0.2) is 9.67 Å². The lowest BCUT2D eigenvalue weighted by molar-refractivity contribution is -0.123. The number of aryl methyl sites for hydroxylation is 2. The molecule has 2 aromatic heterocycles. The van der Waals surface area contributed by atoms with Crippen molar-refractivity contribution >= 4 is 17.2 Å². The van der Waals surface area contributed by atoms with Crippen molar-refractivity contribution in [1.29, 1.82) is 0 Å². The van der Waals surface area contributed by atoms with Gasteiger partial charge in [0.2, 0.25) is 0 Å². The second-order valence-corrected chi connectivity index (χ2v) is 8.87. The minimum absolute atomic E-state index is 0.163. The number of carbonyl (C=O) groups excluding carboxylic acids is 1. The van der Waals surface area contributed by atoms with E-state index in [0.717, 1.165) is 26.7 Å². The first-order valence-corrected chi connectivity index (χ1v) is 11.9. The average molecular weight is 491 g/mol. The third kappa shape index (κ3) is 5.93. The van der Waals surface area contributed by atoms with Gasteiger partial charge in [0.15, 0.2) is 18.1 Å². The van der Waals surface area contributed by atoms with Crippen LogP contribution in [-0.2, 0) is 11.3 Å². The fraction of sp³-hybridized carbons (Fsp3) is 0.231. The van der Waals surface area contributed by atoms with Crippen molar-refractivity contribution in [2.75, 3.05) is 20.3 Å². The van der Waals surface area contributed by atoms with Gasteiger partial charge in [-0.3, -0.25) is 9.59 Å². The van der Waals surface area contributed by atoms with E-state index < -0.39 is 0 Å². The summed E-state index contributed by atoms with van der Waals surface area (Å²) in [5.74, 6) is 0.760. The third-order valence-corrected chi connectivity index (χ3v) is 6.47. The van der Waals surface area contributed by atoms with E-state index in [1.807, 2.05) is 56.3 Å². The lowest BCUT2D eigenvalue weighted by Gasteiger charge is -2.12. The first-order valence-electron chi connectivity index (χ1n) is 11.1. The number of rotatable bonds is 9. The van der Waals surface area contributed by atoms with Crippen molar-refractivity contribution in [2.45, 2.75) is 20.4 Å². The number of nitrogens with zero attached hydrogens (tertiary/aromatic N) is 3. The third-order valence-electron chi connectivity index (χ3n) is 5.24. The number of thiazole rings is 1. The van der Waals surface area contributed by atoms with Crippen molar-refractivity contribution in [3.8, 4) is 32.6 Å². The zero-order chi connectivity index (χ0) is 24.8. The van der Waals surface area contributed by atoms with E-state index in [9.17, 15) is 9.59 Å². The molecule has 0 saturated carbocycles. The highest BCUT2D eigenvalue weighted by atomic mass is 32.1. The van der Waals surface area contributed by atoms with Gasteiger partial charge in [0.25, 0.3) is 11.5 Å². The number of ether oxygens (including phenoxy) is 2. The maximum Gasteiger partial charge on any atom is 0.266 e. The van der Waals surface area contributed by atoms with Gasteiger partial charge in [0.1, 0.15) is 10.7 Å². The molecule has 0 aliphatic rings. The molecule has 1 amide bonds. The van der Waals surface area contributed by atoms with Crippen LogP contribution < -0.4 is 20.3 Å². The van der Waals surface area contributed by atoms with E-state index >= 15 is 0 Å². The molecule has 9 heteroatoms. The summed E-state index contributed by atoms with van der Waals surface area (Å²) < 4.78 is 12.2. The van der Waals surface area contributed by atoms with Gasteiger partial charge in [0.05, 0.1) is 24.2 Å². The Balaban J connectivity index is 1.37. The number of carbonyl (C=O) groups is 1. The lowest BCUT2D eigenvalue weighted by Crippen LogP contribution is -2.34. The standard InChI is InChI=1S/C26H26N4O4S/c1-17-9-11-21(22(15-17)33-3)34-16-23(31)27-13-14-30-24(32)12-10-20(29-30)25-18(2)28-26(35-25)19-7-5-4-6-8-19/h4-12,15H,13-14,16H2,1-3H3,(H,27,31). The zero-order valence-electron chi connectivity index (χ0n) is 19.8. The molecule has 0 fully saturated rings. The van der Waals surface area contributed by atoms with Crippen molar-refractivity contribution in [2.24, 2.45) is 0 Å². The molecule has 0 aliphatic carbocycles. The molecule has 0 aliphatic heterocycles. The summed E-state index contributed by atoms with van der Waals surface area (Å²) in [6.45, 7) is 4.18. The number of amides is 1. The van der Waals surface area contributed by atoms with Crippen LogP contribution in [0.25, 0.3) is 21.1 Å². The van der Waals surface area contributed by atoms with E-state index in [1.54, 1.807) is 19.2 Å². The molecule has 8 nitrogen and oxygen atoms in total. The van der Waals surface area contributed by atoms with Crippen LogP contribution in [0, 0.1) is 13.8 Å². The van der Waals surface area contributed by atoms with Crippen LogP contribution >= 0.6 is 11.3 Å². The number of benzene rings is 2. The van der Waals surface area contributed by atoms with Gasteiger partial charge in [-0.05, 0) is 37.6 Å². The Labute approximate surface area is 207 Å². The van der Waals surface area contributed by atoms with Crippen LogP contribution in [0.2, 0.25) is 0 Å². The number of methoxy groups -OCH3 is 1. The highest BCUT2D eigenvalue weighted by molar-refractivity contribution is 7.18. The molecular weight excluding hydrogens is 464 g/mol. The molecular formula is C26H26N4O4S. The largest absolute Gasteiger partial charge is 0.493 e. The number of hydrogen-bond acceptors (Lipinski definition) is 7. The number of nitrogens with one attached hydrogen (secondary N) is 1. The number of hydrogen-bond donors (Lipinski definition) is 1. The SMILES string of the molecule is COc1cc(C)ccc1OCC(=O)NCCn1nc(-c2sc(-c3ccccc3)nc2C)ccc1=O. The summed E-state index contributed by atoms with van der Waals surface area (Å²) in [5, 5.41) is 8.16. The molecule has 180 valence electrons. The Morgan fingerprint density at radius 1 is 1.06 bits per heavy atom. The molecule has 0 bridgehead atoms. The topological polar surface area (TPSA) is 95.3 Å². The first kappa shape index (κ1) is 24.2. The molecule has 35 heavy (non-hydrogen) atoms. The molecule has 0 spiro atoms. The van der Waals surface area contributed by atoms with Crippen molar-refractivity contribution in [3.63, 3.8) is 0 Å². The van der Waals surface area contributed by atoms with Gasteiger partial charge in [-0.2, -0.15) is 5.10 Å². The monoisotopic (exact) mass is 490 g/mol. The Morgan fingerprint density at radius 2 is 1.86 bits per heavy atom. The Kier molecular flexibility index (Phi) is 7.57. The molecule has 0 saturated heterocycles. The molecule has 0 atom stereocenters. The van der Waals surface area contributed by atoms with Crippen LogP contribution in [0.5, 0.6) is 11.5 Å². The van der Waals surface area contributed by atoms with Gasteiger partial charge < -0.3 is 14.8 Å². The summed E-state index contributed by atoms with van der Waals surface area (Å²) in [6, 6.07) is 18.6. The maximum absolute atomic E-state index is 12.3.